The summed E-state index contributed by atoms with van der Waals surface area (Å²) in [6, 6.07) is 0. The number of hydrogen-bond acceptors (Lipinski definition) is 3. The van der Waals surface area contributed by atoms with Gasteiger partial charge in [-0.3, -0.25) is 4.79 Å². The van der Waals surface area contributed by atoms with Crippen LogP contribution in [0.1, 0.15) is 26.7 Å². The van der Waals surface area contributed by atoms with Crippen molar-refractivity contribution in [2.24, 2.45) is 0 Å². The zero-order chi connectivity index (χ0) is 9.90. The fraction of sp³-hybridized carbons (Fsp3) is 0.700. The number of esters is 1. The fourth-order valence-electron chi connectivity index (χ4n) is 1.55. The van der Waals surface area contributed by atoms with E-state index in [1.807, 2.05) is 19.1 Å². The van der Waals surface area contributed by atoms with Gasteiger partial charge in [0.15, 0.2) is 0 Å². The van der Waals surface area contributed by atoms with Crippen molar-refractivity contribution in [2.45, 2.75) is 38.4 Å². The lowest BCUT2D eigenvalue weighted by Crippen LogP contribution is -2.34. The molecule has 0 aromatic rings. The number of carbonyl (C=O) groups is 1. The summed E-state index contributed by atoms with van der Waals surface area (Å²) in [5.41, 5.74) is -0.279. The van der Waals surface area contributed by atoms with Gasteiger partial charge >= 0.3 is 5.97 Å². The molecule has 0 amide bonds. The number of carbonyl (C=O) groups excluding carboxylic acids is 1. The molecular formula is C10H16O3. The van der Waals surface area contributed by atoms with Gasteiger partial charge in [-0.15, -0.1) is 0 Å². The van der Waals surface area contributed by atoms with Crippen LogP contribution in [0.5, 0.6) is 0 Å². The van der Waals surface area contributed by atoms with Crippen LogP contribution in [-0.2, 0) is 14.3 Å². The van der Waals surface area contributed by atoms with Crippen LogP contribution in [-0.4, -0.2) is 24.8 Å². The largest absolute Gasteiger partial charge is 0.462 e. The molecule has 0 spiro atoms. The van der Waals surface area contributed by atoms with Gasteiger partial charge < -0.3 is 9.47 Å². The molecule has 0 aliphatic heterocycles. The Morgan fingerprint density at radius 2 is 2.31 bits per heavy atom. The van der Waals surface area contributed by atoms with Crippen molar-refractivity contribution in [3.05, 3.63) is 12.2 Å². The van der Waals surface area contributed by atoms with Crippen molar-refractivity contribution in [3.8, 4) is 0 Å². The molecule has 0 radical (unpaired) electrons. The smallest absolute Gasteiger partial charge is 0.302 e. The van der Waals surface area contributed by atoms with Crippen molar-refractivity contribution in [1.29, 1.82) is 0 Å². The summed E-state index contributed by atoms with van der Waals surface area (Å²) in [5.74, 6) is -0.223. The molecule has 1 rings (SSSR count). The van der Waals surface area contributed by atoms with Crippen LogP contribution in [0.4, 0.5) is 0 Å². The predicted molar refractivity (Wildman–Crippen MR) is 49.3 cm³/mol. The van der Waals surface area contributed by atoms with E-state index in [0.29, 0.717) is 0 Å². The Bertz CT molecular complexity index is 222. The average Bonchev–Trinajstić information content (AvgIpc) is 2.03. The molecule has 74 valence electrons. The third-order valence-electron chi connectivity index (χ3n) is 2.30. The Morgan fingerprint density at radius 1 is 1.62 bits per heavy atom. The summed E-state index contributed by atoms with van der Waals surface area (Å²) in [4.78, 5) is 10.7. The van der Waals surface area contributed by atoms with E-state index >= 15 is 0 Å². The number of rotatable bonds is 2. The monoisotopic (exact) mass is 184 g/mol. The van der Waals surface area contributed by atoms with E-state index in [9.17, 15) is 4.79 Å². The van der Waals surface area contributed by atoms with E-state index in [2.05, 4.69) is 0 Å². The van der Waals surface area contributed by atoms with Gasteiger partial charge in [0.2, 0.25) is 0 Å². The molecular weight excluding hydrogens is 168 g/mol. The van der Waals surface area contributed by atoms with Crippen molar-refractivity contribution in [1.82, 2.24) is 0 Å². The van der Waals surface area contributed by atoms with E-state index in [-0.39, 0.29) is 17.7 Å². The van der Waals surface area contributed by atoms with Gasteiger partial charge in [-0.05, 0) is 6.92 Å². The van der Waals surface area contributed by atoms with Crippen molar-refractivity contribution < 1.29 is 14.3 Å². The fourth-order valence-corrected chi connectivity index (χ4v) is 1.55. The van der Waals surface area contributed by atoms with Crippen LogP contribution in [0.25, 0.3) is 0 Å². The summed E-state index contributed by atoms with van der Waals surface area (Å²) in [5, 5.41) is 0. The molecule has 0 fully saturated rings. The van der Waals surface area contributed by atoms with Crippen LogP contribution in [0.3, 0.4) is 0 Å². The van der Waals surface area contributed by atoms with Crippen molar-refractivity contribution in [2.75, 3.05) is 7.11 Å². The second kappa shape index (κ2) is 3.92. The molecule has 1 aliphatic rings. The Kier molecular flexibility index (Phi) is 3.09. The summed E-state index contributed by atoms with van der Waals surface area (Å²) < 4.78 is 10.4. The first-order valence-electron chi connectivity index (χ1n) is 4.46. The van der Waals surface area contributed by atoms with Gasteiger partial charge in [-0.25, -0.2) is 0 Å². The maximum absolute atomic E-state index is 10.7. The van der Waals surface area contributed by atoms with Crippen molar-refractivity contribution in [3.63, 3.8) is 0 Å². The average molecular weight is 184 g/mol. The Labute approximate surface area is 78.7 Å². The van der Waals surface area contributed by atoms with E-state index < -0.39 is 0 Å². The molecule has 3 heteroatoms. The number of methoxy groups -OCH3 is 1. The molecule has 0 bridgehead atoms. The Balaban J connectivity index is 2.55. The molecule has 0 aromatic heterocycles. The quantitative estimate of drug-likeness (QED) is 0.483. The third-order valence-corrected chi connectivity index (χ3v) is 2.30. The molecule has 0 heterocycles. The minimum absolute atomic E-state index is 0.0348. The lowest BCUT2D eigenvalue weighted by Gasteiger charge is -2.32. The molecule has 0 saturated heterocycles. The first-order valence-corrected chi connectivity index (χ1v) is 4.46. The SMILES string of the molecule is COC1(C)C=CCC(OC(C)=O)C1. The number of ether oxygens (including phenoxy) is 2. The van der Waals surface area contributed by atoms with Crippen LogP contribution >= 0.6 is 0 Å². The van der Waals surface area contributed by atoms with Gasteiger partial charge in [0.05, 0.1) is 5.60 Å². The lowest BCUT2D eigenvalue weighted by molar-refractivity contribution is -0.149. The van der Waals surface area contributed by atoms with E-state index in [1.54, 1.807) is 7.11 Å². The first kappa shape index (κ1) is 10.3. The molecule has 1 aliphatic carbocycles. The maximum Gasteiger partial charge on any atom is 0.302 e. The highest BCUT2D eigenvalue weighted by molar-refractivity contribution is 5.66. The standard InChI is InChI=1S/C10H16O3/c1-8(11)13-9-5-4-6-10(2,7-9)12-3/h4,6,9H,5,7H2,1-3H3. The molecule has 2 unspecified atom stereocenters. The van der Waals surface area contributed by atoms with Crippen molar-refractivity contribution >= 4 is 5.97 Å². The minimum Gasteiger partial charge on any atom is -0.462 e. The van der Waals surface area contributed by atoms with Gasteiger partial charge in [0.25, 0.3) is 0 Å². The second-order valence-electron chi connectivity index (χ2n) is 3.59. The lowest BCUT2D eigenvalue weighted by atomic mass is 9.90. The Morgan fingerprint density at radius 3 is 2.85 bits per heavy atom. The van der Waals surface area contributed by atoms with Crippen LogP contribution in [0, 0.1) is 0 Å². The zero-order valence-electron chi connectivity index (χ0n) is 8.37. The van der Waals surface area contributed by atoms with Gasteiger partial charge in [0, 0.05) is 26.9 Å². The van der Waals surface area contributed by atoms with Gasteiger partial charge in [-0.1, -0.05) is 12.2 Å². The van der Waals surface area contributed by atoms with Crippen LogP contribution in [0.2, 0.25) is 0 Å². The highest BCUT2D eigenvalue weighted by Crippen LogP contribution is 2.26. The summed E-state index contributed by atoms with van der Waals surface area (Å²) in [6.07, 6.45) is 5.51. The van der Waals surface area contributed by atoms with Gasteiger partial charge in [-0.2, -0.15) is 0 Å². The highest BCUT2D eigenvalue weighted by atomic mass is 16.5. The van der Waals surface area contributed by atoms with Crippen LogP contribution in [0.15, 0.2) is 12.2 Å². The second-order valence-corrected chi connectivity index (χ2v) is 3.59. The molecule has 0 N–H and O–H groups in total. The minimum atomic E-state index is -0.279. The summed E-state index contributed by atoms with van der Waals surface area (Å²) >= 11 is 0. The maximum atomic E-state index is 10.7. The van der Waals surface area contributed by atoms with E-state index in [0.717, 1.165) is 12.8 Å². The van der Waals surface area contributed by atoms with E-state index in [4.69, 9.17) is 9.47 Å². The van der Waals surface area contributed by atoms with Gasteiger partial charge in [0.1, 0.15) is 6.10 Å². The molecule has 2 atom stereocenters. The third kappa shape index (κ3) is 2.84. The number of hydrogen-bond donors (Lipinski definition) is 0. The summed E-state index contributed by atoms with van der Waals surface area (Å²) in [6.45, 7) is 3.42. The van der Waals surface area contributed by atoms with E-state index in [1.165, 1.54) is 6.92 Å². The normalized spacial score (nSPS) is 33.0. The molecule has 3 nitrogen and oxygen atoms in total. The highest BCUT2D eigenvalue weighted by Gasteiger charge is 2.29. The van der Waals surface area contributed by atoms with Crippen LogP contribution < -0.4 is 0 Å². The molecule has 13 heavy (non-hydrogen) atoms. The zero-order valence-corrected chi connectivity index (χ0v) is 8.37. The molecule has 0 aromatic carbocycles. The topological polar surface area (TPSA) is 35.5 Å². The molecule has 0 saturated carbocycles. The predicted octanol–water partition coefficient (Wildman–Crippen LogP) is 1.67. The first-order chi connectivity index (χ1) is 6.06. The summed E-state index contributed by atoms with van der Waals surface area (Å²) in [7, 11) is 1.67. The Hall–Kier alpha value is -0.830.